The molecule has 0 aliphatic rings. The van der Waals surface area contributed by atoms with Gasteiger partial charge in [0.2, 0.25) is 0 Å². The highest BCUT2D eigenvalue weighted by Crippen LogP contribution is 2.13. The minimum atomic E-state index is -2.37. The maximum atomic E-state index is 11.6. The van der Waals surface area contributed by atoms with Crippen LogP contribution in [0.3, 0.4) is 0 Å². The predicted molar refractivity (Wildman–Crippen MR) is 75.0 cm³/mol. The van der Waals surface area contributed by atoms with Crippen molar-refractivity contribution in [2.45, 2.75) is 12.7 Å². The summed E-state index contributed by atoms with van der Waals surface area (Å²) in [5.74, 6) is 1.61. The topological polar surface area (TPSA) is 46.5 Å². The molecule has 0 N–H and O–H groups in total. The van der Waals surface area contributed by atoms with E-state index in [-0.39, 0.29) is 0 Å². The number of amides is 1. The molecule has 0 spiro atoms. The zero-order valence-corrected chi connectivity index (χ0v) is 11.9. The van der Waals surface area contributed by atoms with Crippen molar-refractivity contribution in [2.24, 2.45) is 4.36 Å². The average Bonchev–Trinajstić information content (AvgIpc) is 2.24. The number of benzene rings is 1. The summed E-state index contributed by atoms with van der Waals surface area (Å²) in [5.41, 5.74) is 1.67. The summed E-state index contributed by atoms with van der Waals surface area (Å²) in [6.07, 6.45) is 2.91. The second-order valence-corrected chi connectivity index (χ2v) is 7.73. The molecule has 1 aromatic carbocycles. The van der Waals surface area contributed by atoms with E-state index in [4.69, 9.17) is 0 Å². The first-order chi connectivity index (χ1) is 7.92. The van der Waals surface area contributed by atoms with Crippen LogP contribution in [0.1, 0.15) is 22.8 Å². The summed E-state index contributed by atoms with van der Waals surface area (Å²) >= 11 is 1.83. The van der Waals surface area contributed by atoms with Crippen LogP contribution in [0.15, 0.2) is 28.6 Å². The molecule has 0 aliphatic heterocycles. The smallest absolute Gasteiger partial charge is 0.266 e. The molecule has 1 aromatic rings. The molecular formula is C12H17NO2S2. The van der Waals surface area contributed by atoms with Crippen molar-refractivity contribution in [2.75, 3.05) is 18.3 Å². The van der Waals surface area contributed by atoms with Gasteiger partial charge in [-0.25, -0.2) is 4.21 Å². The fourth-order valence-electron chi connectivity index (χ4n) is 1.22. The second kappa shape index (κ2) is 6.21. The molecule has 94 valence electrons. The van der Waals surface area contributed by atoms with Crippen molar-refractivity contribution < 1.29 is 9.00 Å². The van der Waals surface area contributed by atoms with Gasteiger partial charge in [-0.3, -0.25) is 4.79 Å². The summed E-state index contributed by atoms with van der Waals surface area (Å²) in [6, 6.07) is 7.31. The molecule has 0 unspecified atom stereocenters. The van der Waals surface area contributed by atoms with E-state index in [9.17, 15) is 9.00 Å². The lowest BCUT2D eigenvalue weighted by atomic mass is 10.1. The second-order valence-electron chi connectivity index (χ2n) is 3.91. The Morgan fingerprint density at radius 2 is 1.88 bits per heavy atom. The highest BCUT2D eigenvalue weighted by Gasteiger charge is 2.05. The molecule has 0 saturated heterocycles. The fraction of sp³-hybridized carbons (Fsp3) is 0.417. The zero-order valence-electron chi connectivity index (χ0n) is 10.3. The normalized spacial score (nSPS) is 11.2. The average molecular weight is 271 g/mol. The SMILES string of the molecule is CCSCc1ccc(C(=O)N=S(C)(C)=O)cc1. The summed E-state index contributed by atoms with van der Waals surface area (Å²) in [6.45, 7) is 2.11. The van der Waals surface area contributed by atoms with Crippen molar-refractivity contribution in [3.05, 3.63) is 35.4 Å². The third-order valence-electron chi connectivity index (χ3n) is 1.98. The lowest BCUT2D eigenvalue weighted by Gasteiger charge is -2.01. The molecule has 0 radical (unpaired) electrons. The molecule has 3 nitrogen and oxygen atoms in total. The highest BCUT2D eigenvalue weighted by atomic mass is 32.2. The van der Waals surface area contributed by atoms with Gasteiger partial charge < -0.3 is 0 Å². The molecular weight excluding hydrogens is 254 g/mol. The molecule has 0 aliphatic carbocycles. The van der Waals surface area contributed by atoms with Crippen LogP contribution in [0, 0.1) is 0 Å². The Bertz CT molecular complexity index is 492. The predicted octanol–water partition coefficient (Wildman–Crippen LogP) is 2.81. The van der Waals surface area contributed by atoms with Crippen molar-refractivity contribution in [1.82, 2.24) is 0 Å². The van der Waals surface area contributed by atoms with Crippen molar-refractivity contribution in [3.8, 4) is 0 Å². The van der Waals surface area contributed by atoms with E-state index in [1.165, 1.54) is 18.1 Å². The van der Waals surface area contributed by atoms with E-state index in [0.29, 0.717) is 5.56 Å². The number of carbonyl (C=O) groups is 1. The van der Waals surface area contributed by atoms with Crippen LogP contribution in [-0.4, -0.2) is 28.4 Å². The van der Waals surface area contributed by atoms with Gasteiger partial charge in [-0.1, -0.05) is 19.1 Å². The Morgan fingerprint density at radius 1 is 1.29 bits per heavy atom. The maximum Gasteiger partial charge on any atom is 0.285 e. The molecule has 0 fully saturated rings. The molecule has 1 amide bonds. The van der Waals surface area contributed by atoms with Crippen LogP contribution in [0.2, 0.25) is 0 Å². The quantitative estimate of drug-likeness (QED) is 0.846. The summed E-state index contributed by atoms with van der Waals surface area (Å²) < 4.78 is 15.0. The molecule has 0 heterocycles. The minimum Gasteiger partial charge on any atom is -0.266 e. The van der Waals surface area contributed by atoms with E-state index in [0.717, 1.165) is 11.5 Å². The first kappa shape index (κ1) is 14.3. The van der Waals surface area contributed by atoms with Gasteiger partial charge in [0.15, 0.2) is 0 Å². The molecule has 17 heavy (non-hydrogen) atoms. The summed E-state index contributed by atoms with van der Waals surface area (Å²) in [4.78, 5) is 11.6. The van der Waals surface area contributed by atoms with Gasteiger partial charge in [0, 0.05) is 33.6 Å². The number of hydrogen-bond acceptors (Lipinski definition) is 3. The number of carbonyl (C=O) groups excluding carboxylic acids is 1. The standard InChI is InChI=1S/C12H17NO2S2/c1-4-16-9-10-5-7-11(8-6-10)12(14)13-17(2,3)15/h5-8H,4,9H2,1-3H3. The Morgan fingerprint density at radius 3 is 2.35 bits per heavy atom. The number of thioether (sulfide) groups is 1. The van der Waals surface area contributed by atoms with Crippen LogP contribution in [0.5, 0.6) is 0 Å². The molecule has 0 aromatic heterocycles. The van der Waals surface area contributed by atoms with Gasteiger partial charge in [0.05, 0.1) is 0 Å². The minimum absolute atomic E-state index is 0.408. The van der Waals surface area contributed by atoms with Gasteiger partial charge in [-0.2, -0.15) is 16.1 Å². The van der Waals surface area contributed by atoms with Gasteiger partial charge >= 0.3 is 0 Å². The Hall–Kier alpha value is -0.810. The van der Waals surface area contributed by atoms with Gasteiger partial charge in [-0.05, 0) is 23.4 Å². The Kier molecular flexibility index (Phi) is 5.21. The van der Waals surface area contributed by atoms with Crippen LogP contribution >= 0.6 is 11.8 Å². The van der Waals surface area contributed by atoms with Crippen molar-refractivity contribution in [3.63, 3.8) is 0 Å². The summed E-state index contributed by atoms with van der Waals surface area (Å²) in [7, 11) is -2.37. The van der Waals surface area contributed by atoms with Crippen molar-refractivity contribution >= 4 is 27.4 Å². The Labute approximate surface area is 107 Å². The van der Waals surface area contributed by atoms with Crippen LogP contribution in [-0.2, 0) is 15.5 Å². The number of nitrogens with zero attached hydrogens (tertiary/aromatic N) is 1. The first-order valence-corrected chi connectivity index (χ1v) is 8.79. The number of hydrogen-bond donors (Lipinski definition) is 0. The maximum absolute atomic E-state index is 11.6. The molecule has 1 rings (SSSR count). The van der Waals surface area contributed by atoms with Crippen LogP contribution < -0.4 is 0 Å². The van der Waals surface area contributed by atoms with Gasteiger partial charge in [0.1, 0.15) is 0 Å². The largest absolute Gasteiger partial charge is 0.285 e. The molecule has 5 heteroatoms. The summed E-state index contributed by atoms with van der Waals surface area (Å²) in [5, 5.41) is 0. The molecule has 0 saturated carbocycles. The first-order valence-electron chi connectivity index (χ1n) is 5.30. The van der Waals surface area contributed by atoms with Crippen molar-refractivity contribution in [1.29, 1.82) is 0 Å². The monoisotopic (exact) mass is 271 g/mol. The molecule has 0 atom stereocenters. The lowest BCUT2D eigenvalue weighted by Crippen LogP contribution is -2.01. The number of rotatable bonds is 4. The van der Waals surface area contributed by atoms with E-state index in [2.05, 4.69) is 11.3 Å². The van der Waals surface area contributed by atoms with Gasteiger partial charge in [0.25, 0.3) is 5.91 Å². The Balaban J connectivity index is 2.81. The third-order valence-corrected chi connectivity index (χ3v) is 3.53. The molecule has 0 bridgehead atoms. The lowest BCUT2D eigenvalue weighted by molar-refractivity contribution is 0.100. The van der Waals surface area contributed by atoms with E-state index >= 15 is 0 Å². The van der Waals surface area contributed by atoms with E-state index in [1.807, 2.05) is 23.9 Å². The zero-order chi connectivity index (χ0) is 12.9. The third kappa shape index (κ3) is 5.37. The van der Waals surface area contributed by atoms with Gasteiger partial charge in [-0.15, -0.1) is 0 Å². The highest BCUT2D eigenvalue weighted by molar-refractivity contribution is 7.98. The van der Waals surface area contributed by atoms with E-state index in [1.54, 1.807) is 12.1 Å². The van der Waals surface area contributed by atoms with E-state index < -0.39 is 15.6 Å². The van der Waals surface area contributed by atoms with Crippen LogP contribution in [0.4, 0.5) is 0 Å². The fourth-order valence-corrected chi connectivity index (χ4v) is 2.35. The van der Waals surface area contributed by atoms with Crippen LogP contribution in [0.25, 0.3) is 0 Å².